The number of hydrogen-bond acceptors (Lipinski definition) is 4. The maximum atomic E-state index is 8.51. The molecule has 0 spiro atoms. The Morgan fingerprint density at radius 2 is 2.43 bits per heavy atom. The topological polar surface area (TPSA) is 57.9 Å². The van der Waals surface area contributed by atoms with Crippen LogP contribution in [0.2, 0.25) is 0 Å². The number of nitriles is 1. The zero-order valence-corrected chi connectivity index (χ0v) is 8.16. The number of nitrogens with zero attached hydrogens (tertiary/aromatic N) is 2. The highest BCUT2D eigenvalue weighted by Crippen LogP contribution is 2.07. The van der Waals surface area contributed by atoms with Gasteiger partial charge in [-0.15, -0.1) is 0 Å². The smallest absolute Gasteiger partial charge is 0.140 e. The zero-order chi connectivity index (χ0) is 10.2. The number of likely N-dealkylation sites (N-methyl/N-ethyl adjacent to an activating group) is 1. The molecule has 14 heavy (non-hydrogen) atoms. The van der Waals surface area contributed by atoms with Crippen LogP contribution in [0, 0.1) is 11.3 Å². The molecule has 0 bridgehead atoms. The summed E-state index contributed by atoms with van der Waals surface area (Å²) in [7, 11) is 0. The molecule has 0 unspecified atom stereocenters. The van der Waals surface area contributed by atoms with Gasteiger partial charge in [0.2, 0.25) is 0 Å². The molecule has 4 nitrogen and oxygen atoms in total. The van der Waals surface area contributed by atoms with Crippen LogP contribution in [0.15, 0.2) is 18.3 Å². The summed E-state index contributed by atoms with van der Waals surface area (Å²) in [4.78, 5) is 3.89. The van der Waals surface area contributed by atoms with Gasteiger partial charge in [0, 0.05) is 6.54 Å². The van der Waals surface area contributed by atoms with Crippen molar-refractivity contribution < 1.29 is 4.74 Å². The Hall–Kier alpha value is -1.60. The Labute approximate surface area is 83.5 Å². The Balaban J connectivity index is 2.33. The minimum atomic E-state index is 0.407. The molecule has 1 heterocycles. The van der Waals surface area contributed by atoms with Crippen molar-refractivity contribution in [3.05, 3.63) is 24.0 Å². The predicted molar refractivity (Wildman–Crippen MR) is 53.0 cm³/mol. The molecule has 1 rings (SSSR count). The maximum absolute atomic E-state index is 8.51. The number of ether oxygens (including phenoxy) is 1. The van der Waals surface area contributed by atoms with E-state index >= 15 is 0 Å². The van der Waals surface area contributed by atoms with E-state index in [9.17, 15) is 0 Å². The quantitative estimate of drug-likeness (QED) is 0.704. The van der Waals surface area contributed by atoms with Gasteiger partial charge in [0.15, 0.2) is 0 Å². The first-order valence-electron chi connectivity index (χ1n) is 4.56. The monoisotopic (exact) mass is 191 g/mol. The lowest BCUT2D eigenvalue weighted by Crippen LogP contribution is -2.20. The summed E-state index contributed by atoms with van der Waals surface area (Å²) in [6, 6.07) is 5.34. The molecule has 0 aromatic carbocycles. The van der Waals surface area contributed by atoms with Crippen LogP contribution in [0.25, 0.3) is 0 Å². The molecule has 0 fully saturated rings. The van der Waals surface area contributed by atoms with Gasteiger partial charge in [-0.05, 0) is 18.7 Å². The Morgan fingerprint density at radius 3 is 3.00 bits per heavy atom. The summed E-state index contributed by atoms with van der Waals surface area (Å²) in [6.07, 6.45) is 1.56. The average Bonchev–Trinajstić information content (AvgIpc) is 2.25. The molecule has 74 valence electrons. The van der Waals surface area contributed by atoms with Crippen LogP contribution in [-0.2, 0) is 0 Å². The van der Waals surface area contributed by atoms with E-state index in [1.54, 1.807) is 18.3 Å². The van der Waals surface area contributed by atoms with Gasteiger partial charge in [-0.2, -0.15) is 5.26 Å². The van der Waals surface area contributed by atoms with Crippen molar-refractivity contribution in [2.45, 2.75) is 6.92 Å². The fourth-order valence-corrected chi connectivity index (χ4v) is 0.950. The zero-order valence-electron chi connectivity index (χ0n) is 8.16. The molecule has 0 saturated heterocycles. The number of nitrogens with one attached hydrogen (secondary N) is 1. The van der Waals surface area contributed by atoms with Gasteiger partial charge in [0.1, 0.15) is 24.1 Å². The number of hydrogen-bond donors (Lipinski definition) is 1. The lowest BCUT2D eigenvalue weighted by molar-refractivity contribution is 0.314. The molecule has 4 heteroatoms. The SMILES string of the molecule is CCNCCOc1ccc(C#N)nc1. The lowest BCUT2D eigenvalue weighted by atomic mass is 10.4. The lowest BCUT2D eigenvalue weighted by Gasteiger charge is -2.05. The van der Waals surface area contributed by atoms with Crippen molar-refractivity contribution in [3.8, 4) is 11.8 Å². The van der Waals surface area contributed by atoms with Crippen molar-refractivity contribution in [2.75, 3.05) is 19.7 Å². The maximum Gasteiger partial charge on any atom is 0.140 e. The van der Waals surface area contributed by atoms with Crippen LogP contribution in [0.4, 0.5) is 0 Å². The van der Waals surface area contributed by atoms with Crippen LogP contribution in [-0.4, -0.2) is 24.7 Å². The molecule has 0 radical (unpaired) electrons. The second-order valence-corrected chi connectivity index (χ2v) is 2.69. The Kier molecular flexibility index (Phi) is 4.45. The van der Waals surface area contributed by atoms with Crippen molar-refractivity contribution in [1.29, 1.82) is 5.26 Å². The summed E-state index contributed by atoms with van der Waals surface area (Å²) in [5, 5.41) is 11.7. The fraction of sp³-hybridized carbons (Fsp3) is 0.400. The van der Waals surface area contributed by atoms with E-state index in [4.69, 9.17) is 10.00 Å². The molecular formula is C10H13N3O. The molecule has 1 aromatic rings. The molecule has 0 aliphatic heterocycles. The minimum absolute atomic E-state index is 0.407. The number of pyridine rings is 1. The minimum Gasteiger partial charge on any atom is -0.491 e. The largest absolute Gasteiger partial charge is 0.491 e. The van der Waals surface area contributed by atoms with E-state index in [-0.39, 0.29) is 0 Å². The highest BCUT2D eigenvalue weighted by atomic mass is 16.5. The Morgan fingerprint density at radius 1 is 1.57 bits per heavy atom. The van der Waals surface area contributed by atoms with E-state index in [0.717, 1.165) is 13.1 Å². The first kappa shape index (κ1) is 10.5. The van der Waals surface area contributed by atoms with E-state index in [1.165, 1.54) is 0 Å². The van der Waals surface area contributed by atoms with Crippen LogP contribution in [0.5, 0.6) is 5.75 Å². The predicted octanol–water partition coefficient (Wildman–Crippen LogP) is 0.942. The van der Waals surface area contributed by atoms with Gasteiger partial charge in [0.05, 0.1) is 6.20 Å². The van der Waals surface area contributed by atoms with Crippen molar-refractivity contribution >= 4 is 0 Å². The molecule has 0 aliphatic rings. The molecule has 0 aliphatic carbocycles. The normalized spacial score (nSPS) is 9.43. The third-order valence-electron chi connectivity index (χ3n) is 1.65. The molecule has 1 N–H and O–H groups in total. The fourth-order valence-electron chi connectivity index (χ4n) is 0.950. The van der Waals surface area contributed by atoms with E-state index in [2.05, 4.69) is 10.3 Å². The first-order chi connectivity index (χ1) is 6.86. The van der Waals surface area contributed by atoms with Crippen LogP contribution in [0.3, 0.4) is 0 Å². The molecule has 0 saturated carbocycles. The summed E-state index contributed by atoms with van der Waals surface area (Å²) in [5.74, 6) is 0.696. The van der Waals surface area contributed by atoms with Gasteiger partial charge in [-0.1, -0.05) is 6.92 Å². The van der Waals surface area contributed by atoms with E-state index in [0.29, 0.717) is 18.1 Å². The Bertz CT molecular complexity index is 302. The van der Waals surface area contributed by atoms with E-state index < -0.39 is 0 Å². The van der Waals surface area contributed by atoms with Crippen LogP contribution < -0.4 is 10.1 Å². The van der Waals surface area contributed by atoms with Crippen molar-refractivity contribution in [3.63, 3.8) is 0 Å². The molecule has 0 amide bonds. The second-order valence-electron chi connectivity index (χ2n) is 2.69. The number of aromatic nitrogens is 1. The second kappa shape index (κ2) is 5.95. The first-order valence-corrected chi connectivity index (χ1v) is 4.56. The summed E-state index contributed by atoms with van der Waals surface area (Å²) in [5.41, 5.74) is 0.407. The van der Waals surface area contributed by atoms with Crippen LogP contribution in [0.1, 0.15) is 12.6 Å². The summed E-state index contributed by atoms with van der Waals surface area (Å²) in [6.45, 7) is 4.41. The van der Waals surface area contributed by atoms with Gasteiger partial charge in [0.25, 0.3) is 0 Å². The third-order valence-corrected chi connectivity index (χ3v) is 1.65. The van der Waals surface area contributed by atoms with Gasteiger partial charge < -0.3 is 10.1 Å². The van der Waals surface area contributed by atoms with Gasteiger partial charge in [-0.25, -0.2) is 4.98 Å². The van der Waals surface area contributed by atoms with Gasteiger partial charge in [-0.3, -0.25) is 0 Å². The molecule has 0 atom stereocenters. The third kappa shape index (κ3) is 3.42. The van der Waals surface area contributed by atoms with Gasteiger partial charge >= 0.3 is 0 Å². The van der Waals surface area contributed by atoms with Crippen LogP contribution >= 0.6 is 0 Å². The summed E-state index contributed by atoms with van der Waals surface area (Å²) >= 11 is 0. The highest BCUT2D eigenvalue weighted by Gasteiger charge is 1.94. The van der Waals surface area contributed by atoms with E-state index in [1.807, 2.05) is 13.0 Å². The number of rotatable bonds is 5. The van der Waals surface area contributed by atoms with Crippen molar-refractivity contribution in [2.24, 2.45) is 0 Å². The standard InChI is InChI=1S/C10H13N3O/c1-2-12-5-6-14-10-4-3-9(7-11)13-8-10/h3-4,8,12H,2,5-6H2,1H3. The average molecular weight is 191 g/mol. The molecule has 1 aromatic heterocycles. The molecular weight excluding hydrogens is 178 g/mol. The van der Waals surface area contributed by atoms with Crippen molar-refractivity contribution in [1.82, 2.24) is 10.3 Å². The highest BCUT2D eigenvalue weighted by molar-refractivity contribution is 5.26. The summed E-state index contributed by atoms with van der Waals surface area (Å²) < 4.78 is 5.37.